The van der Waals surface area contributed by atoms with Gasteiger partial charge in [0.15, 0.2) is 0 Å². The Labute approximate surface area is 254 Å². The molecule has 3 unspecified atom stereocenters. The van der Waals surface area contributed by atoms with Crippen molar-refractivity contribution >= 4 is 29.1 Å². The molecule has 2 aromatic carbocycles. The van der Waals surface area contributed by atoms with Crippen molar-refractivity contribution in [2.24, 2.45) is 17.8 Å². The van der Waals surface area contributed by atoms with Gasteiger partial charge in [-0.2, -0.15) is 0 Å². The number of amides is 3. The number of likely N-dealkylation sites (tertiary alicyclic amines) is 1. The number of nitrogens with zero attached hydrogens (tertiary/aromatic N) is 1. The van der Waals surface area contributed by atoms with Crippen LogP contribution in [0.2, 0.25) is 0 Å². The molecule has 1 spiro atoms. The summed E-state index contributed by atoms with van der Waals surface area (Å²) in [6, 6.07) is 12.2. The zero-order valence-corrected chi connectivity index (χ0v) is 25.9. The first-order valence-electron chi connectivity index (χ1n) is 15.6. The number of hydrogen-bond acceptors (Lipinski definition) is 6. The van der Waals surface area contributed by atoms with Gasteiger partial charge in [-0.15, -0.1) is 0 Å². The van der Waals surface area contributed by atoms with E-state index in [1.807, 2.05) is 52.8 Å². The van der Waals surface area contributed by atoms with E-state index in [0.717, 1.165) is 29.7 Å². The first-order chi connectivity index (χ1) is 20.6. The number of carbonyl (C=O) groups is 3. The van der Waals surface area contributed by atoms with E-state index in [1.165, 1.54) is 0 Å². The van der Waals surface area contributed by atoms with Crippen LogP contribution in [0.5, 0.6) is 5.75 Å². The maximum absolute atomic E-state index is 14.4. The molecule has 3 aliphatic heterocycles. The molecule has 9 heteroatoms. The van der Waals surface area contributed by atoms with Crippen LogP contribution in [0, 0.1) is 31.6 Å². The number of ether oxygens (including phenoxy) is 2. The van der Waals surface area contributed by atoms with Gasteiger partial charge in [-0.1, -0.05) is 38.0 Å². The fraction of sp³-hybridized carbons (Fsp3) is 0.559. The number of para-hydroxylation sites is 1. The highest BCUT2D eigenvalue weighted by Gasteiger charge is 2.79. The molecule has 3 heterocycles. The monoisotopic (exact) mass is 591 g/mol. The minimum Gasteiger partial charge on any atom is -0.494 e. The molecule has 232 valence electrons. The normalized spacial score (nSPS) is 29.1. The Morgan fingerprint density at radius 1 is 1.02 bits per heavy atom. The Morgan fingerprint density at radius 3 is 2.35 bits per heavy atom. The van der Waals surface area contributed by atoms with Crippen LogP contribution in [0.1, 0.15) is 64.0 Å². The Bertz CT molecular complexity index is 1340. The summed E-state index contributed by atoms with van der Waals surface area (Å²) >= 11 is 0. The average Bonchev–Trinajstić information content (AvgIpc) is 3.48. The van der Waals surface area contributed by atoms with Crippen LogP contribution < -0.4 is 15.4 Å². The van der Waals surface area contributed by atoms with Gasteiger partial charge in [-0.25, -0.2) is 0 Å². The largest absolute Gasteiger partial charge is 0.494 e. The molecular weight excluding hydrogens is 546 g/mol. The predicted molar refractivity (Wildman–Crippen MR) is 165 cm³/mol. The molecule has 0 aliphatic carbocycles. The lowest BCUT2D eigenvalue weighted by molar-refractivity contribution is -0.144. The summed E-state index contributed by atoms with van der Waals surface area (Å²) in [5, 5.41) is 15.4. The van der Waals surface area contributed by atoms with E-state index in [-0.39, 0.29) is 30.2 Å². The van der Waals surface area contributed by atoms with Crippen LogP contribution in [-0.4, -0.2) is 64.7 Å². The van der Waals surface area contributed by atoms with E-state index in [9.17, 15) is 19.5 Å². The number of aryl methyl sites for hydroxylation is 2. The topological polar surface area (TPSA) is 117 Å². The predicted octanol–water partition coefficient (Wildman–Crippen LogP) is 4.84. The highest BCUT2D eigenvalue weighted by molar-refractivity contribution is 6.05. The van der Waals surface area contributed by atoms with Gasteiger partial charge in [0, 0.05) is 24.5 Å². The third-order valence-electron chi connectivity index (χ3n) is 9.81. The summed E-state index contributed by atoms with van der Waals surface area (Å²) in [6.45, 7) is 10.8. The fourth-order valence-corrected chi connectivity index (χ4v) is 7.65. The molecule has 3 amide bonds. The Balaban J connectivity index is 1.47. The second-order valence-electron chi connectivity index (χ2n) is 12.6. The van der Waals surface area contributed by atoms with Crippen molar-refractivity contribution in [2.45, 2.75) is 84.0 Å². The lowest BCUT2D eigenvalue weighted by Gasteiger charge is -2.36. The second kappa shape index (κ2) is 12.3. The molecular formula is C34H45N3O6. The number of rotatable bonds is 12. The third-order valence-corrected chi connectivity index (χ3v) is 9.81. The number of carbonyl (C=O) groups excluding carboxylic acids is 3. The van der Waals surface area contributed by atoms with Crippen molar-refractivity contribution in [1.82, 2.24) is 4.90 Å². The Hall–Kier alpha value is -3.43. The average molecular weight is 592 g/mol. The minimum atomic E-state index is -1.11. The van der Waals surface area contributed by atoms with Crippen molar-refractivity contribution in [3.63, 3.8) is 0 Å². The maximum atomic E-state index is 14.4. The van der Waals surface area contributed by atoms with Crippen molar-refractivity contribution in [3.05, 3.63) is 53.6 Å². The lowest BCUT2D eigenvalue weighted by Crippen LogP contribution is -2.54. The van der Waals surface area contributed by atoms with E-state index in [0.29, 0.717) is 43.9 Å². The molecule has 3 fully saturated rings. The van der Waals surface area contributed by atoms with Crippen molar-refractivity contribution in [1.29, 1.82) is 0 Å². The number of aliphatic hydroxyl groups excluding tert-OH is 1. The zero-order chi connectivity index (χ0) is 30.9. The molecule has 5 rings (SSSR count). The number of unbranched alkanes of at least 4 members (excludes halogenated alkanes) is 3. The van der Waals surface area contributed by atoms with Crippen molar-refractivity contribution < 1.29 is 29.0 Å². The second-order valence-corrected chi connectivity index (χ2v) is 12.6. The standard InChI is InChI=1S/C34H45N3O6/c1-6-42-25-16-14-24(15-17-25)35-30(39)26-27-32(41)37(18-9-7-8-10-19-38)29(34(27)20-23(4)33(26,5)43-34)31(40)36-28-21(2)12-11-13-22(28)3/h11-17,23,26-27,29,38H,6-10,18-20H2,1-5H3,(H,35,39)(H,36,40)/t23?,26-,27-,29?,33+,34?/m0/s1. The third kappa shape index (κ3) is 5.42. The van der Waals surface area contributed by atoms with Crippen LogP contribution >= 0.6 is 0 Å². The number of fused-ring (bicyclic) bond motifs is 1. The Morgan fingerprint density at radius 2 is 1.70 bits per heavy atom. The van der Waals surface area contributed by atoms with Crippen LogP contribution in [0.3, 0.4) is 0 Å². The first kappa shape index (κ1) is 31.0. The van der Waals surface area contributed by atoms with E-state index >= 15 is 0 Å². The molecule has 3 aliphatic rings. The summed E-state index contributed by atoms with van der Waals surface area (Å²) < 4.78 is 12.4. The number of anilines is 2. The van der Waals surface area contributed by atoms with E-state index in [2.05, 4.69) is 10.6 Å². The lowest BCUT2D eigenvalue weighted by atomic mass is 9.62. The number of nitrogens with one attached hydrogen (secondary N) is 2. The number of benzene rings is 2. The van der Waals surface area contributed by atoms with Crippen LogP contribution in [0.15, 0.2) is 42.5 Å². The van der Waals surface area contributed by atoms with Gasteiger partial charge in [0.1, 0.15) is 17.4 Å². The Kier molecular flexibility index (Phi) is 8.86. The maximum Gasteiger partial charge on any atom is 0.250 e. The van der Waals surface area contributed by atoms with E-state index in [4.69, 9.17) is 9.47 Å². The van der Waals surface area contributed by atoms with Gasteiger partial charge in [0.25, 0.3) is 0 Å². The van der Waals surface area contributed by atoms with Gasteiger partial charge in [0.05, 0.1) is 24.0 Å². The highest BCUT2D eigenvalue weighted by atomic mass is 16.5. The molecule has 6 atom stereocenters. The molecule has 3 N–H and O–H groups in total. The van der Waals surface area contributed by atoms with Crippen LogP contribution in [0.4, 0.5) is 11.4 Å². The van der Waals surface area contributed by atoms with Gasteiger partial charge in [0.2, 0.25) is 17.7 Å². The van der Waals surface area contributed by atoms with E-state index in [1.54, 1.807) is 29.2 Å². The summed E-state index contributed by atoms with van der Waals surface area (Å²) in [5.41, 5.74) is 1.20. The summed E-state index contributed by atoms with van der Waals surface area (Å²) in [7, 11) is 0. The van der Waals surface area contributed by atoms with Crippen molar-refractivity contribution in [3.8, 4) is 5.75 Å². The minimum absolute atomic E-state index is 0.0485. The number of aliphatic hydroxyl groups is 1. The molecule has 3 saturated heterocycles. The molecule has 2 bridgehead atoms. The molecule has 43 heavy (non-hydrogen) atoms. The highest BCUT2D eigenvalue weighted by Crippen LogP contribution is 2.65. The summed E-state index contributed by atoms with van der Waals surface area (Å²) in [4.78, 5) is 44.3. The van der Waals surface area contributed by atoms with E-state index < -0.39 is 29.1 Å². The quantitative estimate of drug-likeness (QED) is 0.304. The van der Waals surface area contributed by atoms with Gasteiger partial charge in [-0.05, 0) is 88.3 Å². The van der Waals surface area contributed by atoms with Crippen LogP contribution in [-0.2, 0) is 19.1 Å². The van der Waals surface area contributed by atoms with Gasteiger partial charge in [-0.3, -0.25) is 14.4 Å². The first-order valence-corrected chi connectivity index (χ1v) is 15.6. The smallest absolute Gasteiger partial charge is 0.250 e. The molecule has 9 nitrogen and oxygen atoms in total. The SMILES string of the molecule is CCOc1ccc(NC(=O)[C@@H]2[C@H]3C(=O)N(CCCCCCO)C(C(=O)Nc4c(C)cccc4C)C34CC(C)[C@@]2(C)O4)cc1. The molecule has 2 aromatic rings. The van der Waals surface area contributed by atoms with Crippen molar-refractivity contribution in [2.75, 3.05) is 30.4 Å². The van der Waals surface area contributed by atoms with Crippen LogP contribution in [0.25, 0.3) is 0 Å². The number of hydrogen-bond donors (Lipinski definition) is 3. The summed E-state index contributed by atoms with van der Waals surface area (Å²) in [6.07, 6.45) is 3.56. The molecule has 0 saturated carbocycles. The van der Waals surface area contributed by atoms with Gasteiger partial charge >= 0.3 is 0 Å². The zero-order valence-electron chi connectivity index (χ0n) is 25.9. The summed E-state index contributed by atoms with van der Waals surface area (Å²) in [5.74, 6) is -1.64. The van der Waals surface area contributed by atoms with Gasteiger partial charge < -0.3 is 30.1 Å². The molecule has 0 aromatic heterocycles. The fourth-order valence-electron chi connectivity index (χ4n) is 7.65. The molecule has 0 radical (unpaired) electrons.